The van der Waals surface area contributed by atoms with Crippen LogP contribution in [0.4, 0.5) is 5.69 Å². The Morgan fingerprint density at radius 2 is 1.76 bits per heavy atom. The highest BCUT2D eigenvalue weighted by Gasteiger charge is 2.47. The number of hydrogen-bond acceptors (Lipinski definition) is 5. The van der Waals surface area contributed by atoms with E-state index in [0.717, 1.165) is 17.7 Å². The molecule has 2 amide bonds. The maximum Gasteiger partial charge on any atom is 0.252 e. The molecule has 174 valence electrons. The number of nitrogens with one attached hydrogen (secondary N) is 2. The van der Waals surface area contributed by atoms with E-state index < -0.39 is 11.1 Å². The van der Waals surface area contributed by atoms with Crippen LogP contribution in [0.3, 0.4) is 0 Å². The second-order valence-corrected chi connectivity index (χ2v) is 11.4. The van der Waals surface area contributed by atoms with E-state index in [0.29, 0.717) is 10.2 Å². The number of rotatable bonds is 3. The summed E-state index contributed by atoms with van der Waals surface area (Å²) in [4.78, 5) is 27.6. The van der Waals surface area contributed by atoms with E-state index in [2.05, 4.69) is 54.8 Å². The predicted octanol–water partition coefficient (Wildman–Crippen LogP) is 4.66. The average molecular weight is 485 g/mol. The normalized spacial score (nSPS) is 23.2. The van der Waals surface area contributed by atoms with Gasteiger partial charge in [-0.05, 0) is 63.4 Å². The molecule has 6 nitrogen and oxygen atoms in total. The molecule has 0 saturated heterocycles. The van der Waals surface area contributed by atoms with Crippen molar-refractivity contribution in [3.8, 4) is 0 Å². The number of benzene rings is 2. The van der Waals surface area contributed by atoms with Crippen molar-refractivity contribution in [3.63, 3.8) is 0 Å². The third-order valence-electron chi connectivity index (χ3n) is 6.42. The van der Waals surface area contributed by atoms with Crippen LogP contribution in [0.1, 0.15) is 52.2 Å². The Bertz CT molecular complexity index is 1130. The molecule has 33 heavy (non-hydrogen) atoms. The number of halogens is 1. The number of para-hydroxylation sites is 1. The molecule has 0 unspecified atom stereocenters. The lowest BCUT2D eigenvalue weighted by Crippen LogP contribution is -2.57. The number of nitrogens with zero attached hydrogens (tertiary/aromatic N) is 2. The van der Waals surface area contributed by atoms with Crippen molar-refractivity contribution < 1.29 is 9.59 Å². The number of thioether (sulfide) groups is 1. The first-order valence-electron chi connectivity index (χ1n) is 10.9. The molecular weight excluding hydrogens is 456 g/mol. The van der Waals surface area contributed by atoms with Gasteiger partial charge in [-0.3, -0.25) is 15.0 Å². The highest BCUT2D eigenvalue weighted by atomic mass is 35.5. The van der Waals surface area contributed by atoms with Crippen LogP contribution in [0.25, 0.3) is 0 Å². The molecule has 0 radical (unpaired) electrons. The molecule has 0 spiro atoms. The Morgan fingerprint density at radius 1 is 1.09 bits per heavy atom. The van der Waals surface area contributed by atoms with E-state index in [4.69, 9.17) is 11.6 Å². The molecule has 0 bridgehead atoms. The summed E-state index contributed by atoms with van der Waals surface area (Å²) in [7, 11) is 0. The molecule has 2 aliphatic heterocycles. The predicted molar refractivity (Wildman–Crippen MR) is 136 cm³/mol. The number of carbonyl (C=O) groups is 2. The summed E-state index contributed by atoms with van der Waals surface area (Å²) in [6.07, 6.45) is 0.752. The van der Waals surface area contributed by atoms with Gasteiger partial charge in [0.25, 0.3) is 5.91 Å². The molecule has 2 heterocycles. The Balaban J connectivity index is 1.63. The van der Waals surface area contributed by atoms with E-state index in [1.807, 2.05) is 35.2 Å². The first kappa shape index (κ1) is 23.6. The Kier molecular flexibility index (Phi) is 5.99. The molecule has 2 N–H and O–H groups in total. The van der Waals surface area contributed by atoms with Crippen LogP contribution in [0.2, 0.25) is 5.02 Å². The minimum atomic E-state index is -0.770. The quantitative estimate of drug-likeness (QED) is 0.664. The van der Waals surface area contributed by atoms with Gasteiger partial charge in [0.15, 0.2) is 5.17 Å². The van der Waals surface area contributed by atoms with Gasteiger partial charge >= 0.3 is 0 Å². The summed E-state index contributed by atoms with van der Waals surface area (Å²) in [5.74, 6) is -0.0383. The zero-order valence-electron chi connectivity index (χ0n) is 19.5. The zero-order chi connectivity index (χ0) is 24.0. The van der Waals surface area contributed by atoms with E-state index in [-0.39, 0.29) is 23.0 Å². The van der Waals surface area contributed by atoms with Crippen molar-refractivity contribution in [2.24, 2.45) is 5.10 Å². The van der Waals surface area contributed by atoms with Gasteiger partial charge in [0, 0.05) is 21.7 Å². The fourth-order valence-electron chi connectivity index (χ4n) is 4.83. The number of amidine groups is 1. The maximum absolute atomic E-state index is 13.5. The molecule has 1 atom stereocenters. The topological polar surface area (TPSA) is 73.8 Å². The Morgan fingerprint density at radius 3 is 2.42 bits per heavy atom. The van der Waals surface area contributed by atoms with Gasteiger partial charge in [-0.1, -0.05) is 60.6 Å². The third-order valence-corrected chi connectivity index (χ3v) is 7.53. The summed E-state index contributed by atoms with van der Waals surface area (Å²) in [6, 6.07) is 16.1. The molecule has 0 fully saturated rings. The SMILES string of the molecule is CC1(C)NN=C(SCC(=O)N2c3ccccc3[C@](C)(c3ccc(Cl)cc3)CC2(C)C)NC1=O. The minimum Gasteiger partial charge on any atom is -0.306 e. The summed E-state index contributed by atoms with van der Waals surface area (Å²) in [5.41, 5.74) is 4.56. The van der Waals surface area contributed by atoms with Gasteiger partial charge < -0.3 is 10.2 Å². The molecule has 2 aromatic carbocycles. The molecule has 2 aliphatic rings. The average Bonchev–Trinajstić information content (AvgIpc) is 2.74. The highest BCUT2D eigenvalue weighted by molar-refractivity contribution is 8.14. The maximum atomic E-state index is 13.5. The van der Waals surface area contributed by atoms with Crippen LogP contribution in [0, 0.1) is 0 Å². The monoisotopic (exact) mass is 484 g/mol. The van der Waals surface area contributed by atoms with Gasteiger partial charge in [0.05, 0.1) is 5.75 Å². The zero-order valence-corrected chi connectivity index (χ0v) is 21.1. The summed E-state index contributed by atoms with van der Waals surface area (Å²) in [6.45, 7) is 9.94. The van der Waals surface area contributed by atoms with Crippen molar-refractivity contribution in [3.05, 3.63) is 64.7 Å². The minimum absolute atomic E-state index is 0.0302. The summed E-state index contributed by atoms with van der Waals surface area (Å²) >= 11 is 7.37. The van der Waals surface area contributed by atoms with Crippen molar-refractivity contribution in [2.75, 3.05) is 10.7 Å². The fraction of sp³-hybridized carbons (Fsp3) is 0.400. The molecule has 4 rings (SSSR count). The standard InChI is InChI=1S/C25H29ClN4O2S/c1-23(2)15-25(5,16-10-12-17(26)13-11-16)18-8-6-7-9-19(18)30(23)20(31)14-33-22-27-21(32)24(3,4)29-28-22/h6-13,29H,14-15H2,1-5H3,(H,27,28,32)/t25-/m0/s1. The lowest BCUT2D eigenvalue weighted by atomic mass is 9.65. The van der Waals surface area contributed by atoms with Gasteiger partial charge in [-0.2, -0.15) is 5.10 Å². The van der Waals surface area contributed by atoms with E-state index in [1.165, 1.54) is 17.3 Å². The molecule has 0 aromatic heterocycles. The van der Waals surface area contributed by atoms with Crippen molar-refractivity contribution >= 4 is 46.0 Å². The second-order valence-electron chi connectivity index (χ2n) is 9.97. The first-order valence-corrected chi connectivity index (χ1v) is 12.3. The number of carbonyl (C=O) groups excluding carboxylic acids is 2. The number of fused-ring (bicyclic) bond motifs is 1. The number of anilines is 1. The largest absolute Gasteiger partial charge is 0.306 e. The first-order chi connectivity index (χ1) is 15.4. The Labute approximate surface area is 204 Å². The molecule has 0 aliphatic carbocycles. The van der Waals surface area contributed by atoms with Crippen LogP contribution in [-0.4, -0.2) is 33.8 Å². The van der Waals surface area contributed by atoms with Gasteiger partial charge in [-0.15, -0.1) is 0 Å². The van der Waals surface area contributed by atoms with Gasteiger partial charge in [0.2, 0.25) is 5.91 Å². The molecule has 8 heteroatoms. The molecule has 0 saturated carbocycles. The third kappa shape index (κ3) is 4.36. The van der Waals surface area contributed by atoms with Crippen LogP contribution < -0.4 is 15.6 Å². The lowest BCUT2D eigenvalue weighted by Gasteiger charge is -2.51. The lowest BCUT2D eigenvalue weighted by molar-refractivity contribution is -0.125. The summed E-state index contributed by atoms with van der Waals surface area (Å²) in [5, 5.41) is 8.10. The molecular formula is C25H29ClN4O2S. The van der Waals surface area contributed by atoms with Gasteiger partial charge in [-0.25, -0.2) is 0 Å². The van der Waals surface area contributed by atoms with Crippen molar-refractivity contribution in [1.29, 1.82) is 0 Å². The summed E-state index contributed by atoms with van der Waals surface area (Å²) < 4.78 is 0. The van der Waals surface area contributed by atoms with Crippen LogP contribution in [0.5, 0.6) is 0 Å². The van der Waals surface area contributed by atoms with Crippen LogP contribution in [0.15, 0.2) is 53.6 Å². The van der Waals surface area contributed by atoms with Crippen LogP contribution in [-0.2, 0) is 15.0 Å². The second kappa shape index (κ2) is 8.37. The fourth-order valence-corrected chi connectivity index (χ4v) is 5.62. The van der Waals surface area contributed by atoms with Crippen LogP contribution >= 0.6 is 23.4 Å². The van der Waals surface area contributed by atoms with Gasteiger partial charge in [0.1, 0.15) is 5.54 Å². The number of amides is 2. The van der Waals surface area contributed by atoms with E-state index in [1.54, 1.807) is 13.8 Å². The highest BCUT2D eigenvalue weighted by Crippen LogP contribution is 2.50. The number of hydrogen-bond donors (Lipinski definition) is 2. The van der Waals surface area contributed by atoms with E-state index >= 15 is 0 Å². The van der Waals surface area contributed by atoms with Crippen molar-refractivity contribution in [2.45, 2.75) is 57.5 Å². The number of hydrazone groups is 1. The van der Waals surface area contributed by atoms with E-state index in [9.17, 15) is 9.59 Å². The Hall–Kier alpha value is -2.51. The smallest absolute Gasteiger partial charge is 0.252 e. The molecule has 2 aromatic rings. The van der Waals surface area contributed by atoms with Crippen molar-refractivity contribution in [1.82, 2.24) is 10.7 Å².